The van der Waals surface area contributed by atoms with Crippen molar-refractivity contribution in [3.8, 4) is 0 Å². The molecule has 4 rings (SSSR count). The Morgan fingerprint density at radius 2 is 2.10 bits per heavy atom. The number of nitrogens with one attached hydrogen (secondary N) is 1. The van der Waals surface area contributed by atoms with E-state index >= 15 is 4.39 Å². The van der Waals surface area contributed by atoms with Crippen molar-refractivity contribution in [1.29, 1.82) is 0 Å². The van der Waals surface area contributed by atoms with Crippen LogP contribution in [0, 0.1) is 17.7 Å². The minimum absolute atomic E-state index is 0.0170. The molecule has 0 bridgehead atoms. The number of fused-ring (bicyclic) bond motifs is 1. The summed E-state index contributed by atoms with van der Waals surface area (Å²) >= 11 is 3.40. The molecule has 2 heterocycles. The van der Waals surface area contributed by atoms with E-state index in [9.17, 15) is 9.59 Å². The molecule has 3 atom stereocenters. The fraction of sp³-hybridized carbons (Fsp3) is 0.591. The smallest absolute Gasteiger partial charge is 0.437 e. The minimum Gasteiger partial charge on any atom is -0.442 e. The van der Waals surface area contributed by atoms with Gasteiger partial charge in [0.25, 0.3) is 0 Å². The highest BCUT2D eigenvalue weighted by molar-refractivity contribution is 9.10. The summed E-state index contributed by atoms with van der Waals surface area (Å²) in [5.74, 6) is -0.778. The first-order valence-corrected chi connectivity index (χ1v) is 11.2. The van der Waals surface area contributed by atoms with E-state index in [0.29, 0.717) is 22.4 Å². The topological polar surface area (TPSA) is 80.2 Å². The number of amides is 2. The summed E-state index contributed by atoms with van der Waals surface area (Å²) in [5.41, 5.74) is -1.61. The maximum Gasteiger partial charge on any atom is 0.437 e. The third-order valence-corrected chi connectivity index (χ3v) is 6.51. The summed E-state index contributed by atoms with van der Waals surface area (Å²) in [7, 11) is 1.56. The van der Waals surface area contributed by atoms with E-state index in [2.05, 4.69) is 26.2 Å². The van der Waals surface area contributed by atoms with Gasteiger partial charge in [0, 0.05) is 17.1 Å². The molecule has 1 aliphatic carbocycles. The van der Waals surface area contributed by atoms with Crippen LogP contribution in [0.3, 0.4) is 0 Å². The second-order valence-electron chi connectivity index (χ2n) is 9.51. The molecule has 1 saturated carbocycles. The summed E-state index contributed by atoms with van der Waals surface area (Å²) in [4.78, 5) is 31.1. The second-order valence-corrected chi connectivity index (χ2v) is 10.4. The number of hydrogen-bond donors (Lipinski definition) is 1. The van der Waals surface area contributed by atoms with Crippen molar-refractivity contribution in [2.45, 2.75) is 57.3 Å². The molecule has 2 amide bonds. The number of halogens is 2. The number of hydrogen-bond acceptors (Lipinski definition) is 4. The summed E-state index contributed by atoms with van der Waals surface area (Å²) in [6.07, 6.45) is 1.78. The lowest BCUT2D eigenvalue weighted by atomic mass is 9.71. The monoisotopic (exact) mass is 495 g/mol. The van der Waals surface area contributed by atoms with Crippen LogP contribution in [0.1, 0.15) is 45.6 Å². The largest absolute Gasteiger partial charge is 0.442 e. The standard InChI is InChI=1S/C22H27BrFN3O4/c1-21(2,3)31-20(29)25-19-26-22(14-9-13(23)7-8-16(14)24)11-30-17(12-5-6-12)10-15(22)18(28)27(19)4/h7-9,12,15,17H,5-6,10-11H2,1-4H3,(H,25,26,29)/t15-,17+,22+/m0/s1. The number of aliphatic imine (C=N–C) groups is 1. The van der Waals surface area contributed by atoms with Crippen LogP contribution in [0.15, 0.2) is 27.7 Å². The van der Waals surface area contributed by atoms with Gasteiger partial charge in [-0.15, -0.1) is 4.99 Å². The Hall–Kier alpha value is -2.00. The Labute approximate surface area is 189 Å². The van der Waals surface area contributed by atoms with Crippen molar-refractivity contribution in [3.05, 3.63) is 34.1 Å². The highest BCUT2D eigenvalue weighted by Gasteiger charge is 2.57. The maximum absolute atomic E-state index is 15.1. The summed E-state index contributed by atoms with van der Waals surface area (Å²) < 4.78 is 27.2. The van der Waals surface area contributed by atoms with Gasteiger partial charge < -0.3 is 14.8 Å². The number of ether oxygens (including phenoxy) is 2. The van der Waals surface area contributed by atoms with Crippen molar-refractivity contribution in [1.82, 2.24) is 10.2 Å². The Morgan fingerprint density at radius 3 is 2.74 bits per heavy atom. The number of guanidine groups is 1. The van der Waals surface area contributed by atoms with Crippen LogP contribution in [-0.2, 0) is 19.8 Å². The van der Waals surface area contributed by atoms with Crippen LogP contribution in [0.4, 0.5) is 9.18 Å². The van der Waals surface area contributed by atoms with E-state index in [4.69, 9.17) is 9.47 Å². The van der Waals surface area contributed by atoms with E-state index in [0.717, 1.165) is 12.8 Å². The average molecular weight is 496 g/mol. The van der Waals surface area contributed by atoms with Crippen molar-refractivity contribution >= 4 is 33.9 Å². The Morgan fingerprint density at radius 1 is 1.39 bits per heavy atom. The first-order valence-electron chi connectivity index (χ1n) is 10.4. The molecule has 2 aliphatic heterocycles. The number of benzene rings is 1. The minimum atomic E-state index is -1.18. The molecule has 9 heteroatoms. The zero-order chi connectivity index (χ0) is 22.6. The SMILES string of the molecule is CN1C(=O)[C@@H]2C[C@H](C3CC3)OC[C@]2(c2cc(Br)ccc2F)N/C1=N\C(=O)OC(C)(C)C. The molecule has 0 unspecified atom stereocenters. The van der Waals surface area contributed by atoms with Gasteiger partial charge in [0.1, 0.15) is 17.0 Å². The molecule has 1 aromatic carbocycles. The Bertz CT molecular complexity index is 943. The van der Waals surface area contributed by atoms with Gasteiger partial charge in [-0.2, -0.15) is 0 Å². The summed E-state index contributed by atoms with van der Waals surface area (Å²) in [5, 5.41) is 3.20. The van der Waals surface area contributed by atoms with Crippen molar-refractivity contribution in [2.24, 2.45) is 16.8 Å². The number of nitrogens with zero attached hydrogens (tertiary/aromatic N) is 2. The van der Waals surface area contributed by atoms with Gasteiger partial charge >= 0.3 is 6.09 Å². The quantitative estimate of drug-likeness (QED) is 0.671. The third-order valence-electron chi connectivity index (χ3n) is 6.02. The zero-order valence-corrected chi connectivity index (χ0v) is 19.7. The third kappa shape index (κ3) is 4.35. The molecule has 0 radical (unpaired) electrons. The molecule has 7 nitrogen and oxygen atoms in total. The average Bonchev–Trinajstić information content (AvgIpc) is 3.51. The molecule has 1 aromatic rings. The highest BCUT2D eigenvalue weighted by Crippen LogP contribution is 2.47. The van der Waals surface area contributed by atoms with Gasteiger partial charge in [-0.1, -0.05) is 15.9 Å². The van der Waals surface area contributed by atoms with E-state index in [1.165, 1.54) is 11.0 Å². The van der Waals surface area contributed by atoms with Crippen LogP contribution in [0.2, 0.25) is 0 Å². The van der Waals surface area contributed by atoms with E-state index in [-0.39, 0.29) is 24.6 Å². The lowest BCUT2D eigenvalue weighted by Crippen LogP contribution is -2.69. The molecule has 168 valence electrons. The molecule has 2 saturated heterocycles. The van der Waals surface area contributed by atoms with Crippen LogP contribution < -0.4 is 5.32 Å². The molecule has 1 N–H and O–H groups in total. The molecule has 0 aromatic heterocycles. The van der Waals surface area contributed by atoms with E-state index in [1.807, 2.05) is 0 Å². The van der Waals surface area contributed by atoms with Crippen molar-refractivity contribution in [3.63, 3.8) is 0 Å². The van der Waals surface area contributed by atoms with Gasteiger partial charge in [-0.25, -0.2) is 9.18 Å². The lowest BCUT2D eigenvalue weighted by molar-refractivity contribution is -0.150. The molecular formula is C22H27BrFN3O4. The zero-order valence-electron chi connectivity index (χ0n) is 18.1. The second kappa shape index (κ2) is 7.85. The van der Waals surface area contributed by atoms with E-state index < -0.39 is 29.0 Å². The predicted molar refractivity (Wildman–Crippen MR) is 116 cm³/mol. The van der Waals surface area contributed by atoms with Gasteiger partial charge in [0.2, 0.25) is 11.9 Å². The molecule has 3 fully saturated rings. The van der Waals surface area contributed by atoms with Crippen LogP contribution in [0.5, 0.6) is 0 Å². The Kier molecular flexibility index (Phi) is 5.62. The van der Waals surface area contributed by atoms with Crippen molar-refractivity contribution in [2.75, 3.05) is 13.7 Å². The van der Waals surface area contributed by atoms with Crippen LogP contribution in [0.25, 0.3) is 0 Å². The first kappa shape index (κ1) is 22.2. The molecule has 3 aliphatic rings. The van der Waals surface area contributed by atoms with Crippen LogP contribution in [-0.4, -0.2) is 48.2 Å². The summed E-state index contributed by atoms with van der Waals surface area (Å²) in [6, 6.07) is 4.61. The van der Waals surface area contributed by atoms with Gasteiger partial charge in [-0.3, -0.25) is 9.69 Å². The first-order chi connectivity index (χ1) is 14.5. The maximum atomic E-state index is 15.1. The number of rotatable bonds is 2. The summed E-state index contributed by atoms with van der Waals surface area (Å²) in [6.45, 7) is 5.29. The molecule has 0 spiro atoms. The van der Waals surface area contributed by atoms with Gasteiger partial charge in [0.05, 0.1) is 18.6 Å². The molecular weight excluding hydrogens is 469 g/mol. The van der Waals surface area contributed by atoms with Crippen LogP contribution >= 0.6 is 15.9 Å². The highest BCUT2D eigenvalue weighted by atomic mass is 79.9. The number of carbonyl (C=O) groups is 2. The Balaban J connectivity index is 1.76. The van der Waals surface area contributed by atoms with Gasteiger partial charge in [0.15, 0.2) is 0 Å². The fourth-order valence-electron chi connectivity index (χ4n) is 4.34. The van der Waals surface area contributed by atoms with Gasteiger partial charge in [-0.05, 0) is 64.2 Å². The fourth-order valence-corrected chi connectivity index (χ4v) is 4.70. The van der Waals surface area contributed by atoms with E-state index in [1.54, 1.807) is 40.0 Å². The predicted octanol–water partition coefficient (Wildman–Crippen LogP) is 3.95. The molecule has 31 heavy (non-hydrogen) atoms. The lowest BCUT2D eigenvalue weighted by Gasteiger charge is -2.51. The normalized spacial score (nSPS) is 30.1. The van der Waals surface area contributed by atoms with Crippen molar-refractivity contribution < 1.29 is 23.5 Å². The number of carbonyl (C=O) groups excluding carboxylic acids is 2.